The molecule has 0 saturated heterocycles. The van der Waals surface area contributed by atoms with Gasteiger partial charge in [0.25, 0.3) is 0 Å². The first-order valence-electron chi connectivity index (χ1n) is 5.80. The van der Waals surface area contributed by atoms with Gasteiger partial charge in [0.1, 0.15) is 4.99 Å². The molecule has 0 amide bonds. The van der Waals surface area contributed by atoms with Crippen molar-refractivity contribution in [2.75, 3.05) is 11.9 Å². The predicted octanol–water partition coefficient (Wildman–Crippen LogP) is 3.43. The number of rotatable bonds is 1. The molecule has 1 aromatic carbocycles. The minimum absolute atomic E-state index is 0.480. The highest BCUT2D eigenvalue weighted by molar-refractivity contribution is 9.10. The molecule has 1 aromatic heterocycles. The van der Waals surface area contributed by atoms with Crippen LogP contribution in [-0.4, -0.2) is 22.2 Å². The molecule has 0 fully saturated rings. The van der Waals surface area contributed by atoms with E-state index < -0.39 is 0 Å². The Morgan fingerprint density at radius 1 is 1.21 bits per heavy atom. The summed E-state index contributed by atoms with van der Waals surface area (Å²) < 4.78 is 1.00. The summed E-state index contributed by atoms with van der Waals surface area (Å²) in [6.07, 6.45) is 1.77. The Labute approximate surface area is 124 Å². The number of anilines is 1. The van der Waals surface area contributed by atoms with Crippen LogP contribution in [-0.2, 0) is 0 Å². The highest BCUT2D eigenvalue weighted by Crippen LogP contribution is 2.25. The van der Waals surface area contributed by atoms with E-state index >= 15 is 0 Å². The number of nitrogens with one attached hydrogen (secondary N) is 1. The zero-order valence-corrected chi connectivity index (χ0v) is 12.3. The maximum absolute atomic E-state index is 5.25. The molecule has 94 valence electrons. The largest absolute Gasteiger partial charge is 0.348 e. The lowest BCUT2D eigenvalue weighted by atomic mass is 10.0. The van der Waals surface area contributed by atoms with E-state index in [-0.39, 0.29) is 0 Å². The van der Waals surface area contributed by atoms with E-state index in [0.29, 0.717) is 6.54 Å². The molecule has 0 spiro atoms. The van der Waals surface area contributed by atoms with Crippen molar-refractivity contribution in [2.24, 2.45) is 4.99 Å². The Hall–Kier alpha value is -1.59. The number of benzodiazepines with no additional fused rings is 1. The molecule has 5 heteroatoms. The van der Waals surface area contributed by atoms with Crippen molar-refractivity contribution in [2.45, 2.75) is 0 Å². The number of thiocarbonyl (C=S) groups is 1. The van der Waals surface area contributed by atoms with Crippen LogP contribution in [0.5, 0.6) is 0 Å². The van der Waals surface area contributed by atoms with Crippen molar-refractivity contribution in [1.29, 1.82) is 0 Å². The number of nitrogens with zero attached hydrogens (tertiary/aromatic N) is 2. The fourth-order valence-electron chi connectivity index (χ4n) is 1.97. The van der Waals surface area contributed by atoms with Crippen molar-refractivity contribution in [3.8, 4) is 0 Å². The van der Waals surface area contributed by atoms with Gasteiger partial charge in [-0.3, -0.25) is 9.98 Å². The normalized spacial score (nSPS) is 14.2. The topological polar surface area (TPSA) is 37.3 Å². The third-order valence-corrected chi connectivity index (χ3v) is 3.52. The third-order valence-electron chi connectivity index (χ3n) is 2.80. The van der Waals surface area contributed by atoms with E-state index in [0.717, 1.165) is 32.1 Å². The van der Waals surface area contributed by atoms with E-state index in [1.54, 1.807) is 6.20 Å². The number of aromatic nitrogens is 1. The van der Waals surface area contributed by atoms with Crippen LogP contribution in [0, 0.1) is 0 Å². The molecule has 3 nitrogen and oxygen atoms in total. The lowest BCUT2D eigenvalue weighted by molar-refractivity contribution is 1.25. The van der Waals surface area contributed by atoms with Gasteiger partial charge >= 0.3 is 0 Å². The van der Waals surface area contributed by atoms with Crippen LogP contribution in [0.1, 0.15) is 11.3 Å². The molecule has 0 atom stereocenters. The average molecular weight is 332 g/mol. The Morgan fingerprint density at radius 2 is 2.11 bits per heavy atom. The van der Waals surface area contributed by atoms with Gasteiger partial charge in [0, 0.05) is 21.9 Å². The number of hydrogen-bond acceptors (Lipinski definition) is 3. The maximum Gasteiger partial charge on any atom is 0.102 e. The summed E-state index contributed by atoms with van der Waals surface area (Å²) in [5, 5.41) is 3.22. The molecule has 3 rings (SSSR count). The van der Waals surface area contributed by atoms with Gasteiger partial charge in [-0.1, -0.05) is 34.2 Å². The molecule has 0 radical (unpaired) electrons. The summed E-state index contributed by atoms with van der Waals surface area (Å²) >= 11 is 8.75. The molecule has 2 heterocycles. The van der Waals surface area contributed by atoms with Gasteiger partial charge < -0.3 is 5.32 Å². The smallest absolute Gasteiger partial charge is 0.102 e. The number of halogens is 1. The van der Waals surface area contributed by atoms with E-state index in [9.17, 15) is 0 Å². The molecule has 0 bridgehead atoms. The maximum atomic E-state index is 5.25. The van der Waals surface area contributed by atoms with Gasteiger partial charge in [-0.05, 0) is 30.3 Å². The zero-order chi connectivity index (χ0) is 13.2. The van der Waals surface area contributed by atoms with Gasteiger partial charge in [-0.25, -0.2) is 0 Å². The first-order chi connectivity index (χ1) is 9.24. The molecule has 2 aromatic rings. The first-order valence-corrected chi connectivity index (χ1v) is 7.00. The summed E-state index contributed by atoms with van der Waals surface area (Å²) in [6, 6.07) is 11.8. The summed E-state index contributed by atoms with van der Waals surface area (Å²) in [4.78, 5) is 9.68. The Morgan fingerprint density at radius 3 is 2.89 bits per heavy atom. The molecule has 0 aliphatic carbocycles. The summed E-state index contributed by atoms with van der Waals surface area (Å²) in [5.41, 5.74) is 3.70. The monoisotopic (exact) mass is 331 g/mol. The van der Waals surface area contributed by atoms with Gasteiger partial charge in [0.2, 0.25) is 0 Å². The number of benzene rings is 1. The van der Waals surface area contributed by atoms with Crippen LogP contribution >= 0.6 is 28.1 Å². The lowest BCUT2D eigenvalue weighted by Gasteiger charge is -2.10. The summed E-state index contributed by atoms with van der Waals surface area (Å²) in [7, 11) is 0. The van der Waals surface area contributed by atoms with Gasteiger partial charge in [0.15, 0.2) is 0 Å². The van der Waals surface area contributed by atoms with Gasteiger partial charge in [-0.2, -0.15) is 0 Å². The molecule has 1 aliphatic heterocycles. The number of fused-ring (bicyclic) bond motifs is 1. The van der Waals surface area contributed by atoms with Gasteiger partial charge in [-0.15, -0.1) is 0 Å². The van der Waals surface area contributed by atoms with Gasteiger partial charge in [0.05, 0.1) is 18.0 Å². The molecule has 0 unspecified atom stereocenters. The van der Waals surface area contributed by atoms with Crippen LogP contribution in [0.4, 0.5) is 5.69 Å². The van der Waals surface area contributed by atoms with Crippen molar-refractivity contribution in [3.05, 3.63) is 58.3 Å². The SMILES string of the molecule is S=C1CN=C(c2ccccn2)c2cc(Br)ccc2N1. The molecule has 19 heavy (non-hydrogen) atoms. The molecule has 1 N–H and O–H groups in total. The highest BCUT2D eigenvalue weighted by atomic mass is 79.9. The summed E-state index contributed by atoms with van der Waals surface area (Å²) in [6.45, 7) is 0.480. The fourth-order valence-corrected chi connectivity index (χ4v) is 2.50. The Bertz CT molecular complexity index is 668. The van der Waals surface area contributed by atoms with Crippen molar-refractivity contribution in [3.63, 3.8) is 0 Å². The quantitative estimate of drug-likeness (QED) is 0.813. The molecular weight excluding hydrogens is 322 g/mol. The minimum Gasteiger partial charge on any atom is -0.348 e. The molecule has 1 aliphatic rings. The van der Waals surface area contributed by atoms with E-state index in [1.165, 1.54) is 0 Å². The van der Waals surface area contributed by atoms with Crippen LogP contribution < -0.4 is 5.32 Å². The van der Waals surface area contributed by atoms with Crippen molar-refractivity contribution < 1.29 is 0 Å². The van der Waals surface area contributed by atoms with Crippen LogP contribution in [0.3, 0.4) is 0 Å². The minimum atomic E-state index is 0.480. The second-order valence-electron chi connectivity index (χ2n) is 4.12. The van der Waals surface area contributed by atoms with Crippen LogP contribution in [0.25, 0.3) is 0 Å². The van der Waals surface area contributed by atoms with E-state index in [2.05, 4.69) is 31.2 Å². The number of hydrogen-bond donors (Lipinski definition) is 1. The summed E-state index contributed by atoms with van der Waals surface area (Å²) in [5.74, 6) is 0. The fraction of sp³-hybridized carbons (Fsp3) is 0.0714. The second kappa shape index (κ2) is 5.19. The van der Waals surface area contributed by atoms with Crippen molar-refractivity contribution >= 4 is 44.5 Å². The second-order valence-corrected chi connectivity index (χ2v) is 5.53. The third kappa shape index (κ3) is 2.57. The molecule has 0 saturated carbocycles. The van der Waals surface area contributed by atoms with E-state index in [1.807, 2.05) is 36.4 Å². The Kier molecular flexibility index (Phi) is 3.40. The lowest BCUT2D eigenvalue weighted by Crippen LogP contribution is -2.10. The number of aliphatic imine (C=N–C) groups is 1. The van der Waals surface area contributed by atoms with E-state index in [4.69, 9.17) is 12.2 Å². The number of pyridine rings is 1. The highest BCUT2D eigenvalue weighted by Gasteiger charge is 2.17. The average Bonchev–Trinajstić information content (AvgIpc) is 2.58. The van der Waals surface area contributed by atoms with Crippen LogP contribution in [0.15, 0.2) is 52.1 Å². The van der Waals surface area contributed by atoms with Crippen molar-refractivity contribution in [1.82, 2.24) is 4.98 Å². The van der Waals surface area contributed by atoms with Crippen LogP contribution in [0.2, 0.25) is 0 Å². The first kappa shape index (κ1) is 12.4. The predicted molar refractivity (Wildman–Crippen MR) is 85.1 cm³/mol. The zero-order valence-electron chi connectivity index (χ0n) is 9.93. The molecular formula is C14H10BrN3S. The standard InChI is InChI=1S/C14H10BrN3S/c15-9-4-5-11-10(7-9)14(17-8-13(19)18-11)12-3-1-2-6-16-12/h1-7H,8H2,(H,18,19). The Balaban J connectivity index is 2.20.